The number of para-hydroxylation sites is 1. The zero-order chi connectivity index (χ0) is 35.6. The summed E-state index contributed by atoms with van der Waals surface area (Å²) in [6.07, 6.45) is 0. The van der Waals surface area contributed by atoms with Gasteiger partial charge in [-0.05, 0) is 120 Å². The van der Waals surface area contributed by atoms with Gasteiger partial charge in [0.2, 0.25) is 0 Å². The summed E-state index contributed by atoms with van der Waals surface area (Å²) in [5.41, 5.74) is 9.75. The predicted molar refractivity (Wildman–Crippen MR) is 229 cm³/mol. The van der Waals surface area contributed by atoms with Crippen molar-refractivity contribution < 1.29 is 4.42 Å². The van der Waals surface area contributed by atoms with Crippen LogP contribution >= 0.6 is 0 Å². The maximum Gasteiger partial charge on any atom is 0.137 e. The lowest BCUT2D eigenvalue weighted by Crippen LogP contribution is -2.10. The molecule has 0 aliphatic heterocycles. The van der Waals surface area contributed by atoms with Gasteiger partial charge in [0, 0.05) is 16.8 Å². The zero-order valence-corrected chi connectivity index (χ0v) is 29.4. The summed E-state index contributed by atoms with van der Waals surface area (Å²) in [7, 11) is 0. The molecule has 252 valence electrons. The third-order valence-electron chi connectivity index (χ3n) is 11.0. The van der Waals surface area contributed by atoms with Crippen LogP contribution in [0.3, 0.4) is 0 Å². The van der Waals surface area contributed by atoms with Crippen LogP contribution in [0.25, 0.3) is 87.3 Å². The van der Waals surface area contributed by atoms with Gasteiger partial charge in [-0.2, -0.15) is 0 Å². The summed E-state index contributed by atoms with van der Waals surface area (Å²) < 4.78 is 6.37. The highest BCUT2D eigenvalue weighted by atomic mass is 16.3. The minimum absolute atomic E-state index is 0.874. The Morgan fingerprint density at radius 1 is 0.296 bits per heavy atom. The molecule has 11 rings (SSSR count). The van der Waals surface area contributed by atoms with Crippen LogP contribution in [0.2, 0.25) is 0 Å². The zero-order valence-electron chi connectivity index (χ0n) is 29.4. The summed E-state index contributed by atoms with van der Waals surface area (Å²) in [4.78, 5) is 2.36. The van der Waals surface area contributed by atoms with Gasteiger partial charge in [-0.1, -0.05) is 146 Å². The van der Waals surface area contributed by atoms with E-state index in [1.54, 1.807) is 0 Å². The van der Waals surface area contributed by atoms with Crippen molar-refractivity contribution in [3.05, 3.63) is 200 Å². The molecule has 2 heteroatoms. The molecule has 0 atom stereocenters. The highest BCUT2D eigenvalue weighted by Gasteiger charge is 2.20. The van der Waals surface area contributed by atoms with Crippen LogP contribution in [-0.2, 0) is 0 Å². The van der Waals surface area contributed by atoms with Crippen LogP contribution in [0.1, 0.15) is 0 Å². The average Bonchev–Trinajstić information content (AvgIpc) is 3.63. The Bertz CT molecular complexity index is 3050. The maximum atomic E-state index is 6.37. The van der Waals surface area contributed by atoms with Crippen molar-refractivity contribution >= 4 is 82.1 Å². The molecule has 0 saturated carbocycles. The highest BCUT2D eigenvalue weighted by molar-refractivity contribution is 6.14. The van der Waals surface area contributed by atoms with Crippen LogP contribution in [0.4, 0.5) is 17.1 Å². The predicted octanol–water partition coefficient (Wildman–Crippen LogP) is 15.0. The summed E-state index contributed by atoms with van der Waals surface area (Å²) in [5.74, 6) is 0. The Hall–Kier alpha value is -7.16. The van der Waals surface area contributed by atoms with E-state index in [9.17, 15) is 0 Å². The first-order chi connectivity index (χ1) is 26.7. The Morgan fingerprint density at radius 3 is 1.28 bits per heavy atom. The molecule has 0 fully saturated rings. The van der Waals surface area contributed by atoms with E-state index in [1.807, 2.05) is 12.1 Å². The Kier molecular flexibility index (Phi) is 6.90. The van der Waals surface area contributed by atoms with Crippen LogP contribution in [0.5, 0.6) is 0 Å². The number of anilines is 3. The Morgan fingerprint density at radius 2 is 0.722 bits per heavy atom. The number of fused-ring (bicyclic) bond motifs is 9. The molecule has 0 amide bonds. The number of nitrogens with zero attached hydrogens (tertiary/aromatic N) is 1. The summed E-state index contributed by atoms with van der Waals surface area (Å²) in [6.45, 7) is 0. The maximum absolute atomic E-state index is 6.37. The van der Waals surface area contributed by atoms with Gasteiger partial charge < -0.3 is 9.32 Å². The van der Waals surface area contributed by atoms with Crippen molar-refractivity contribution in [3.63, 3.8) is 0 Å². The van der Waals surface area contributed by atoms with E-state index in [1.165, 1.54) is 65.3 Å². The van der Waals surface area contributed by atoms with Crippen molar-refractivity contribution in [2.75, 3.05) is 4.90 Å². The molecular formula is C52H33NO. The standard InChI is InChI=1S/C52H33NO/c1-3-10-44-36(8-1)16-18-38-20-22-40(32-47(38)44)34-24-28-42(29-25-34)53(49-13-7-15-51-52(49)46-12-5-6-14-50(46)54-51)43-30-26-35(27-31-43)41-23-21-39-19-17-37-9-2-4-11-45(37)48(39)33-41/h1-33H. The first-order valence-electron chi connectivity index (χ1n) is 18.5. The lowest BCUT2D eigenvalue weighted by Gasteiger charge is -2.26. The van der Waals surface area contributed by atoms with E-state index in [4.69, 9.17) is 4.42 Å². The molecule has 54 heavy (non-hydrogen) atoms. The first-order valence-corrected chi connectivity index (χ1v) is 18.5. The molecule has 2 nitrogen and oxygen atoms in total. The number of benzene rings is 10. The number of rotatable bonds is 5. The molecular weight excluding hydrogens is 655 g/mol. The molecule has 0 saturated heterocycles. The molecule has 1 aromatic heterocycles. The summed E-state index contributed by atoms with van der Waals surface area (Å²) in [6, 6.07) is 72.4. The average molecular weight is 688 g/mol. The van der Waals surface area contributed by atoms with Crippen molar-refractivity contribution in [3.8, 4) is 22.3 Å². The van der Waals surface area contributed by atoms with Crippen molar-refractivity contribution in [2.24, 2.45) is 0 Å². The van der Waals surface area contributed by atoms with E-state index >= 15 is 0 Å². The second kappa shape index (κ2) is 12.2. The highest BCUT2D eigenvalue weighted by Crippen LogP contribution is 2.44. The second-order valence-corrected chi connectivity index (χ2v) is 14.1. The third-order valence-corrected chi connectivity index (χ3v) is 11.0. The van der Waals surface area contributed by atoms with E-state index in [0.717, 1.165) is 39.0 Å². The van der Waals surface area contributed by atoms with E-state index in [0.29, 0.717) is 0 Å². The van der Waals surface area contributed by atoms with Gasteiger partial charge in [0.25, 0.3) is 0 Å². The molecule has 1 heterocycles. The second-order valence-electron chi connectivity index (χ2n) is 14.1. The van der Waals surface area contributed by atoms with Crippen LogP contribution in [0, 0.1) is 0 Å². The molecule has 0 aliphatic rings. The molecule has 0 spiro atoms. The van der Waals surface area contributed by atoms with Crippen LogP contribution in [0.15, 0.2) is 205 Å². The number of hydrogen-bond donors (Lipinski definition) is 0. The molecule has 0 aliphatic carbocycles. The lowest BCUT2D eigenvalue weighted by molar-refractivity contribution is 0.669. The minimum atomic E-state index is 0.874. The molecule has 0 radical (unpaired) electrons. The molecule has 11 aromatic rings. The van der Waals surface area contributed by atoms with Gasteiger partial charge in [0.15, 0.2) is 0 Å². The van der Waals surface area contributed by atoms with Gasteiger partial charge in [-0.15, -0.1) is 0 Å². The molecule has 10 aromatic carbocycles. The summed E-state index contributed by atoms with van der Waals surface area (Å²) in [5, 5.41) is 12.3. The first kappa shape index (κ1) is 30.5. The topological polar surface area (TPSA) is 16.4 Å². The lowest BCUT2D eigenvalue weighted by atomic mass is 9.96. The van der Waals surface area contributed by atoms with Gasteiger partial charge in [-0.25, -0.2) is 0 Å². The fourth-order valence-electron chi connectivity index (χ4n) is 8.34. The van der Waals surface area contributed by atoms with Crippen molar-refractivity contribution in [2.45, 2.75) is 0 Å². The fourth-order valence-corrected chi connectivity index (χ4v) is 8.34. The fraction of sp³-hybridized carbons (Fsp3) is 0. The Balaban J connectivity index is 1.03. The quantitative estimate of drug-likeness (QED) is 0.168. The normalized spacial score (nSPS) is 11.7. The van der Waals surface area contributed by atoms with E-state index < -0.39 is 0 Å². The number of furan rings is 1. The smallest absolute Gasteiger partial charge is 0.137 e. The van der Waals surface area contributed by atoms with E-state index in [2.05, 4.69) is 193 Å². The van der Waals surface area contributed by atoms with Crippen LogP contribution < -0.4 is 4.90 Å². The van der Waals surface area contributed by atoms with Crippen LogP contribution in [-0.4, -0.2) is 0 Å². The SMILES string of the molecule is c1ccc2c(c1)ccc1ccc(-c3ccc(N(c4ccc(-c5ccc6ccc7ccccc7c6c5)cc4)c4cccc5oc6ccccc6c45)cc3)cc12. The van der Waals surface area contributed by atoms with Gasteiger partial charge >= 0.3 is 0 Å². The van der Waals surface area contributed by atoms with Crippen molar-refractivity contribution in [1.29, 1.82) is 0 Å². The molecule has 0 unspecified atom stereocenters. The van der Waals surface area contributed by atoms with Crippen molar-refractivity contribution in [1.82, 2.24) is 0 Å². The largest absolute Gasteiger partial charge is 0.456 e. The monoisotopic (exact) mass is 687 g/mol. The van der Waals surface area contributed by atoms with E-state index in [-0.39, 0.29) is 0 Å². The van der Waals surface area contributed by atoms with Gasteiger partial charge in [-0.3, -0.25) is 0 Å². The number of hydrogen-bond acceptors (Lipinski definition) is 2. The van der Waals surface area contributed by atoms with Gasteiger partial charge in [0.1, 0.15) is 11.2 Å². The van der Waals surface area contributed by atoms with Gasteiger partial charge in [0.05, 0.1) is 11.1 Å². The Labute approximate surface area is 312 Å². The molecule has 0 N–H and O–H groups in total. The molecule has 0 bridgehead atoms. The summed E-state index contributed by atoms with van der Waals surface area (Å²) >= 11 is 0. The third kappa shape index (κ3) is 4.96. The minimum Gasteiger partial charge on any atom is -0.456 e.